The molecule has 2 aromatic rings. The zero-order valence-electron chi connectivity index (χ0n) is 11.4. The molecule has 0 saturated heterocycles. The van der Waals surface area contributed by atoms with Gasteiger partial charge in [0.05, 0.1) is 5.71 Å². The Morgan fingerprint density at radius 2 is 1.71 bits per heavy atom. The molecule has 0 radical (unpaired) electrons. The number of hydrogen-bond donors (Lipinski definition) is 2. The molecule has 4 nitrogen and oxygen atoms in total. The highest BCUT2D eigenvalue weighted by atomic mass is 32.1. The molecule has 0 fully saturated rings. The van der Waals surface area contributed by atoms with Gasteiger partial charge in [-0.05, 0) is 23.3 Å². The van der Waals surface area contributed by atoms with Crippen molar-refractivity contribution in [1.82, 2.24) is 10.5 Å². The number of hydrazine groups is 1. The SMILES string of the molecule is NC(=S)NN1N=C(c2ccccc2)CC1c1ccccc1. The molecule has 3 N–H and O–H groups in total. The summed E-state index contributed by atoms with van der Waals surface area (Å²) in [7, 11) is 0. The Balaban J connectivity index is 1.90. The third kappa shape index (κ3) is 3.03. The molecule has 1 aliphatic rings. The third-order valence-corrected chi connectivity index (χ3v) is 3.52. The molecule has 3 rings (SSSR count). The highest BCUT2D eigenvalue weighted by Gasteiger charge is 2.29. The van der Waals surface area contributed by atoms with Crippen molar-refractivity contribution in [3.05, 3.63) is 71.8 Å². The van der Waals surface area contributed by atoms with E-state index >= 15 is 0 Å². The van der Waals surface area contributed by atoms with E-state index in [2.05, 4.69) is 34.8 Å². The van der Waals surface area contributed by atoms with Gasteiger partial charge in [0.15, 0.2) is 5.11 Å². The fourth-order valence-electron chi connectivity index (χ4n) is 2.47. The van der Waals surface area contributed by atoms with Crippen LogP contribution in [0, 0.1) is 0 Å². The van der Waals surface area contributed by atoms with E-state index in [1.165, 1.54) is 5.56 Å². The van der Waals surface area contributed by atoms with Crippen LogP contribution in [0.25, 0.3) is 0 Å². The maximum atomic E-state index is 5.61. The summed E-state index contributed by atoms with van der Waals surface area (Å²) < 4.78 is 0. The van der Waals surface area contributed by atoms with Crippen LogP contribution in [-0.2, 0) is 0 Å². The van der Waals surface area contributed by atoms with Gasteiger partial charge in [-0.3, -0.25) is 5.43 Å². The maximum absolute atomic E-state index is 5.61. The van der Waals surface area contributed by atoms with E-state index in [1.807, 2.05) is 36.4 Å². The molecule has 21 heavy (non-hydrogen) atoms. The first-order valence-corrected chi connectivity index (χ1v) is 7.18. The Morgan fingerprint density at radius 3 is 2.33 bits per heavy atom. The Labute approximate surface area is 129 Å². The van der Waals surface area contributed by atoms with E-state index in [-0.39, 0.29) is 11.2 Å². The lowest BCUT2D eigenvalue weighted by molar-refractivity contribution is 0.195. The molecule has 0 bridgehead atoms. The molecule has 0 aliphatic carbocycles. The summed E-state index contributed by atoms with van der Waals surface area (Å²) in [4.78, 5) is 0. The molecular weight excluding hydrogens is 280 g/mol. The van der Waals surface area contributed by atoms with E-state index in [0.29, 0.717) is 0 Å². The lowest BCUT2D eigenvalue weighted by Crippen LogP contribution is -2.41. The highest BCUT2D eigenvalue weighted by Crippen LogP contribution is 2.30. The number of nitrogens with zero attached hydrogens (tertiary/aromatic N) is 2. The van der Waals surface area contributed by atoms with Crippen molar-refractivity contribution in [2.75, 3.05) is 0 Å². The number of nitrogens with two attached hydrogens (primary N) is 1. The zero-order chi connectivity index (χ0) is 14.7. The minimum absolute atomic E-state index is 0.0860. The number of thiocarbonyl (C=S) groups is 1. The summed E-state index contributed by atoms with van der Waals surface area (Å²) in [5.41, 5.74) is 11.9. The topological polar surface area (TPSA) is 53.6 Å². The first kappa shape index (κ1) is 13.6. The van der Waals surface area contributed by atoms with Crippen LogP contribution in [0.15, 0.2) is 65.8 Å². The van der Waals surface area contributed by atoms with Crippen LogP contribution in [-0.4, -0.2) is 15.9 Å². The zero-order valence-corrected chi connectivity index (χ0v) is 12.3. The summed E-state index contributed by atoms with van der Waals surface area (Å²) in [6.07, 6.45) is 0.809. The quantitative estimate of drug-likeness (QED) is 0.855. The Hall–Kier alpha value is -2.40. The molecule has 1 unspecified atom stereocenters. The van der Waals surface area contributed by atoms with Crippen LogP contribution >= 0.6 is 12.2 Å². The predicted molar refractivity (Wildman–Crippen MR) is 88.5 cm³/mol. The van der Waals surface area contributed by atoms with E-state index in [9.17, 15) is 0 Å². The first-order chi connectivity index (χ1) is 10.2. The fraction of sp³-hybridized carbons (Fsp3) is 0.125. The minimum Gasteiger partial charge on any atom is -0.375 e. The number of nitrogens with one attached hydrogen (secondary N) is 1. The summed E-state index contributed by atoms with van der Waals surface area (Å²) in [6.45, 7) is 0. The number of hydrogen-bond acceptors (Lipinski definition) is 3. The number of benzene rings is 2. The Kier molecular flexibility index (Phi) is 3.83. The van der Waals surface area contributed by atoms with E-state index < -0.39 is 0 Å². The number of rotatable bonds is 3. The van der Waals surface area contributed by atoms with Gasteiger partial charge in [0.25, 0.3) is 0 Å². The molecule has 1 aliphatic heterocycles. The minimum atomic E-state index is 0.0860. The van der Waals surface area contributed by atoms with Crippen LogP contribution in [0.5, 0.6) is 0 Å². The van der Waals surface area contributed by atoms with Crippen molar-refractivity contribution in [2.24, 2.45) is 10.8 Å². The van der Waals surface area contributed by atoms with Crippen LogP contribution in [0.2, 0.25) is 0 Å². The van der Waals surface area contributed by atoms with Crippen molar-refractivity contribution in [3.63, 3.8) is 0 Å². The molecule has 106 valence electrons. The van der Waals surface area contributed by atoms with Gasteiger partial charge < -0.3 is 5.73 Å². The average Bonchev–Trinajstić information content (AvgIpc) is 2.92. The van der Waals surface area contributed by atoms with Crippen LogP contribution in [0.4, 0.5) is 0 Å². The van der Waals surface area contributed by atoms with E-state index in [0.717, 1.165) is 17.7 Å². The van der Waals surface area contributed by atoms with Crippen molar-refractivity contribution >= 4 is 23.0 Å². The molecule has 5 heteroatoms. The monoisotopic (exact) mass is 296 g/mol. The smallest absolute Gasteiger partial charge is 0.184 e. The van der Waals surface area contributed by atoms with Gasteiger partial charge in [-0.25, -0.2) is 0 Å². The molecule has 1 heterocycles. The standard InChI is InChI=1S/C16H16N4S/c17-16(21)19-20-15(13-9-5-2-6-10-13)11-14(18-20)12-7-3-1-4-8-12/h1-10,15H,11H2,(H3,17,19,21). The van der Waals surface area contributed by atoms with Gasteiger partial charge in [0, 0.05) is 6.42 Å². The van der Waals surface area contributed by atoms with E-state index in [1.54, 1.807) is 5.12 Å². The lowest BCUT2D eigenvalue weighted by Gasteiger charge is -2.24. The van der Waals surface area contributed by atoms with Crippen LogP contribution in [0.3, 0.4) is 0 Å². The van der Waals surface area contributed by atoms with Gasteiger partial charge in [-0.15, -0.1) is 0 Å². The van der Waals surface area contributed by atoms with Crippen LogP contribution < -0.4 is 11.2 Å². The second-order valence-electron chi connectivity index (χ2n) is 4.86. The van der Waals surface area contributed by atoms with Gasteiger partial charge in [0.2, 0.25) is 0 Å². The molecule has 0 spiro atoms. The molecule has 1 atom stereocenters. The van der Waals surface area contributed by atoms with Crippen molar-refractivity contribution in [2.45, 2.75) is 12.5 Å². The normalized spacial score (nSPS) is 17.4. The molecule has 0 aromatic heterocycles. The predicted octanol–water partition coefficient (Wildman–Crippen LogP) is 2.59. The van der Waals surface area contributed by atoms with Gasteiger partial charge in [0.1, 0.15) is 6.04 Å². The average molecular weight is 296 g/mol. The second kappa shape index (κ2) is 5.93. The largest absolute Gasteiger partial charge is 0.375 e. The van der Waals surface area contributed by atoms with Gasteiger partial charge in [-0.1, -0.05) is 60.7 Å². The summed E-state index contributed by atoms with van der Waals surface area (Å²) in [5.74, 6) is 0. The third-order valence-electron chi connectivity index (χ3n) is 3.43. The van der Waals surface area contributed by atoms with Gasteiger partial charge in [-0.2, -0.15) is 10.2 Å². The fourth-order valence-corrected chi connectivity index (χ4v) is 2.56. The van der Waals surface area contributed by atoms with Crippen molar-refractivity contribution < 1.29 is 0 Å². The molecule has 0 saturated carbocycles. The summed E-state index contributed by atoms with van der Waals surface area (Å²) in [6, 6.07) is 20.5. The number of hydrazone groups is 1. The molecule has 0 amide bonds. The van der Waals surface area contributed by atoms with E-state index in [4.69, 9.17) is 18.0 Å². The Morgan fingerprint density at radius 1 is 1.10 bits per heavy atom. The second-order valence-corrected chi connectivity index (χ2v) is 5.30. The maximum Gasteiger partial charge on any atom is 0.184 e. The summed E-state index contributed by atoms with van der Waals surface area (Å²) in [5, 5.41) is 6.59. The van der Waals surface area contributed by atoms with Crippen molar-refractivity contribution in [3.8, 4) is 0 Å². The van der Waals surface area contributed by atoms with Gasteiger partial charge >= 0.3 is 0 Å². The summed E-state index contributed by atoms with van der Waals surface area (Å²) >= 11 is 4.95. The highest BCUT2D eigenvalue weighted by molar-refractivity contribution is 7.80. The van der Waals surface area contributed by atoms with Crippen molar-refractivity contribution in [1.29, 1.82) is 0 Å². The van der Waals surface area contributed by atoms with Crippen LogP contribution in [0.1, 0.15) is 23.6 Å². The molecular formula is C16H16N4S. The lowest BCUT2D eigenvalue weighted by atomic mass is 9.99. The Bertz CT molecular complexity index is 654. The first-order valence-electron chi connectivity index (χ1n) is 6.77. The molecule has 2 aromatic carbocycles.